The van der Waals surface area contributed by atoms with Crippen LogP contribution in [0.25, 0.3) is 0 Å². The molecule has 2 aromatic rings. The molecule has 1 aliphatic carbocycles. The van der Waals surface area contributed by atoms with Crippen molar-refractivity contribution in [2.24, 2.45) is 11.8 Å². The summed E-state index contributed by atoms with van der Waals surface area (Å²) in [6.07, 6.45) is 1.50. The van der Waals surface area contributed by atoms with Crippen LogP contribution in [0.4, 0.5) is 11.4 Å². The summed E-state index contributed by atoms with van der Waals surface area (Å²) in [6.45, 7) is 2.08. The molecule has 0 bridgehead atoms. The fourth-order valence-corrected chi connectivity index (χ4v) is 3.07. The number of amides is 2. The smallest absolute Gasteiger partial charge is 0.228 e. The molecule has 0 aromatic heterocycles. The molecule has 2 atom stereocenters. The number of carbonyl (C=O) groups is 2. The maximum atomic E-state index is 12.3. The van der Waals surface area contributed by atoms with Gasteiger partial charge >= 0.3 is 0 Å². The molecular weight excluding hydrogens is 352 g/mol. The van der Waals surface area contributed by atoms with Gasteiger partial charge in [0.25, 0.3) is 0 Å². The first-order valence-electron chi connectivity index (χ1n) is 8.56. The lowest BCUT2D eigenvalue weighted by Crippen LogP contribution is -2.20. The Labute approximate surface area is 157 Å². The molecule has 0 saturated heterocycles. The van der Waals surface area contributed by atoms with E-state index in [9.17, 15) is 9.59 Å². The van der Waals surface area contributed by atoms with E-state index in [-0.39, 0.29) is 23.7 Å². The molecule has 5 nitrogen and oxygen atoms in total. The number of anilines is 2. The van der Waals surface area contributed by atoms with E-state index in [1.807, 2.05) is 24.3 Å². The zero-order chi connectivity index (χ0) is 18.7. The van der Waals surface area contributed by atoms with Gasteiger partial charge in [-0.05, 0) is 48.7 Å². The number of carbonyl (C=O) groups excluding carboxylic acids is 2. The Morgan fingerprint density at radius 3 is 2.15 bits per heavy atom. The van der Waals surface area contributed by atoms with Crippen molar-refractivity contribution in [2.75, 3.05) is 17.7 Å². The Hall–Kier alpha value is -2.53. The van der Waals surface area contributed by atoms with E-state index < -0.39 is 0 Å². The zero-order valence-electron chi connectivity index (χ0n) is 14.7. The van der Waals surface area contributed by atoms with Crippen molar-refractivity contribution in [1.29, 1.82) is 0 Å². The number of aryl methyl sites for hydroxylation is 1. The quantitative estimate of drug-likeness (QED) is 0.801. The lowest BCUT2D eigenvalue weighted by Gasteiger charge is -2.08. The van der Waals surface area contributed by atoms with Crippen LogP contribution in [0.15, 0.2) is 42.5 Å². The number of hydrogen-bond acceptors (Lipinski definition) is 3. The van der Waals surface area contributed by atoms with Crippen molar-refractivity contribution in [3.8, 4) is 5.75 Å². The van der Waals surface area contributed by atoms with Crippen molar-refractivity contribution in [3.05, 3.63) is 53.1 Å². The summed E-state index contributed by atoms with van der Waals surface area (Å²) in [7, 11) is 1.53. The van der Waals surface area contributed by atoms with Crippen LogP contribution >= 0.6 is 11.6 Å². The summed E-state index contributed by atoms with van der Waals surface area (Å²) >= 11 is 6.06. The van der Waals surface area contributed by atoms with Crippen molar-refractivity contribution in [2.45, 2.75) is 19.8 Å². The van der Waals surface area contributed by atoms with Gasteiger partial charge in [-0.3, -0.25) is 9.59 Å². The fraction of sp³-hybridized carbons (Fsp3) is 0.300. The Kier molecular flexibility index (Phi) is 5.47. The van der Waals surface area contributed by atoms with Crippen LogP contribution in [0.3, 0.4) is 0 Å². The Bertz CT molecular complexity index is 820. The molecule has 2 amide bonds. The minimum Gasteiger partial charge on any atom is -0.495 e. The lowest BCUT2D eigenvalue weighted by molar-refractivity contribution is -0.122. The molecular formula is C20H21ClN2O3. The summed E-state index contributed by atoms with van der Waals surface area (Å²) < 4.78 is 5.09. The van der Waals surface area contributed by atoms with E-state index in [0.29, 0.717) is 22.9 Å². The first-order valence-corrected chi connectivity index (χ1v) is 8.93. The van der Waals surface area contributed by atoms with Crippen LogP contribution in [-0.4, -0.2) is 18.9 Å². The molecule has 0 aliphatic heterocycles. The highest BCUT2D eigenvalue weighted by Gasteiger charge is 2.48. The minimum atomic E-state index is -0.314. The summed E-state index contributed by atoms with van der Waals surface area (Å²) in [4.78, 5) is 24.6. The van der Waals surface area contributed by atoms with Gasteiger partial charge in [0.15, 0.2) is 0 Å². The molecule has 2 unspecified atom stereocenters. The second kappa shape index (κ2) is 7.79. The van der Waals surface area contributed by atoms with Crippen molar-refractivity contribution in [3.63, 3.8) is 0 Å². The van der Waals surface area contributed by atoms with Crippen molar-refractivity contribution >= 4 is 34.8 Å². The van der Waals surface area contributed by atoms with Gasteiger partial charge in [0.1, 0.15) is 5.75 Å². The van der Waals surface area contributed by atoms with E-state index in [4.69, 9.17) is 16.3 Å². The number of ether oxygens (including phenoxy) is 1. The van der Waals surface area contributed by atoms with Gasteiger partial charge in [-0.15, -0.1) is 0 Å². The highest BCUT2D eigenvalue weighted by molar-refractivity contribution is 6.32. The molecule has 0 heterocycles. The van der Waals surface area contributed by atoms with Gasteiger partial charge in [0.05, 0.1) is 24.0 Å². The highest BCUT2D eigenvalue weighted by atomic mass is 35.5. The molecule has 0 spiro atoms. The second-order valence-corrected chi connectivity index (χ2v) is 6.73. The number of halogens is 1. The van der Waals surface area contributed by atoms with Gasteiger partial charge in [0.2, 0.25) is 11.8 Å². The highest BCUT2D eigenvalue weighted by Crippen LogP contribution is 2.40. The summed E-state index contributed by atoms with van der Waals surface area (Å²) in [5, 5.41) is 6.09. The normalized spacial score (nSPS) is 18.1. The van der Waals surface area contributed by atoms with Crippen LogP contribution in [0.5, 0.6) is 5.75 Å². The molecule has 1 fully saturated rings. The van der Waals surface area contributed by atoms with Gasteiger partial charge in [-0.2, -0.15) is 0 Å². The number of methoxy groups -OCH3 is 1. The number of hydrogen-bond donors (Lipinski definition) is 2. The van der Waals surface area contributed by atoms with E-state index >= 15 is 0 Å². The summed E-state index contributed by atoms with van der Waals surface area (Å²) in [5.74, 6) is -0.363. The maximum absolute atomic E-state index is 12.3. The van der Waals surface area contributed by atoms with Crippen LogP contribution < -0.4 is 15.4 Å². The average molecular weight is 373 g/mol. The Morgan fingerprint density at radius 1 is 1.04 bits per heavy atom. The Morgan fingerprint density at radius 2 is 1.62 bits per heavy atom. The number of nitrogens with one attached hydrogen (secondary N) is 2. The number of rotatable bonds is 6. The first-order chi connectivity index (χ1) is 12.5. The zero-order valence-corrected chi connectivity index (χ0v) is 15.5. The third-order valence-electron chi connectivity index (χ3n) is 4.51. The third kappa shape index (κ3) is 4.17. The summed E-state index contributed by atoms with van der Waals surface area (Å²) in [5.41, 5.74) is 2.55. The van der Waals surface area contributed by atoms with E-state index in [1.54, 1.807) is 18.2 Å². The van der Waals surface area contributed by atoms with Crippen LogP contribution in [0.2, 0.25) is 5.02 Å². The third-order valence-corrected chi connectivity index (χ3v) is 4.81. The predicted octanol–water partition coefficient (Wildman–Crippen LogP) is 4.12. The second-order valence-electron chi connectivity index (χ2n) is 6.33. The van der Waals surface area contributed by atoms with Gasteiger partial charge in [-0.25, -0.2) is 0 Å². The largest absolute Gasteiger partial charge is 0.495 e. The lowest BCUT2D eigenvalue weighted by atomic mass is 10.1. The predicted molar refractivity (Wildman–Crippen MR) is 103 cm³/mol. The molecule has 2 aromatic carbocycles. The van der Waals surface area contributed by atoms with Gasteiger partial charge in [0, 0.05) is 11.4 Å². The van der Waals surface area contributed by atoms with E-state index in [2.05, 4.69) is 17.6 Å². The SMILES string of the molecule is CCc1ccc(NC(=O)C2CC2C(=O)Nc2ccc(OC)c(Cl)c2)cc1. The van der Waals surface area contributed by atoms with Gasteiger partial charge < -0.3 is 15.4 Å². The molecule has 1 aliphatic rings. The first kappa shape index (κ1) is 18.3. The van der Waals surface area contributed by atoms with Crippen molar-refractivity contribution in [1.82, 2.24) is 0 Å². The topological polar surface area (TPSA) is 67.4 Å². The molecule has 26 heavy (non-hydrogen) atoms. The fourth-order valence-electron chi connectivity index (χ4n) is 2.81. The molecule has 0 radical (unpaired) electrons. The molecule has 6 heteroatoms. The van der Waals surface area contributed by atoms with Crippen LogP contribution in [0.1, 0.15) is 18.9 Å². The van der Waals surface area contributed by atoms with Crippen LogP contribution in [0, 0.1) is 11.8 Å². The van der Waals surface area contributed by atoms with E-state index in [1.165, 1.54) is 12.7 Å². The molecule has 136 valence electrons. The van der Waals surface area contributed by atoms with Crippen LogP contribution in [-0.2, 0) is 16.0 Å². The number of benzene rings is 2. The standard InChI is InChI=1S/C20H21ClN2O3/c1-3-12-4-6-13(7-5-12)22-19(24)15-11-16(15)20(25)23-14-8-9-18(26-2)17(21)10-14/h4-10,15-16H,3,11H2,1-2H3,(H,22,24)(H,23,25). The molecule has 2 N–H and O–H groups in total. The monoisotopic (exact) mass is 372 g/mol. The maximum Gasteiger partial charge on any atom is 0.228 e. The minimum absolute atomic E-state index is 0.123. The summed E-state index contributed by atoms with van der Waals surface area (Å²) in [6, 6.07) is 12.8. The van der Waals surface area contributed by atoms with Gasteiger partial charge in [-0.1, -0.05) is 30.7 Å². The average Bonchev–Trinajstić information content (AvgIpc) is 3.43. The Balaban J connectivity index is 1.54. The van der Waals surface area contributed by atoms with Crippen molar-refractivity contribution < 1.29 is 14.3 Å². The van der Waals surface area contributed by atoms with E-state index in [0.717, 1.165) is 12.1 Å². The molecule has 3 rings (SSSR count). The molecule has 1 saturated carbocycles.